The summed E-state index contributed by atoms with van der Waals surface area (Å²) >= 11 is 0. The number of benzene rings is 1. The first-order chi connectivity index (χ1) is 12.6. The highest BCUT2D eigenvalue weighted by atomic mass is 16.5. The van der Waals surface area contributed by atoms with Crippen LogP contribution in [-0.4, -0.2) is 60.4 Å². The van der Waals surface area contributed by atoms with Crippen molar-refractivity contribution in [1.29, 1.82) is 0 Å². The predicted octanol–water partition coefficient (Wildman–Crippen LogP) is 3.54. The van der Waals surface area contributed by atoms with E-state index in [0.717, 1.165) is 25.9 Å². The van der Waals surface area contributed by atoms with Gasteiger partial charge in [-0.15, -0.1) is 0 Å². The van der Waals surface area contributed by atoms with Crippen molar-refractivity contribution < 1.29 is 14.6 Å². The number of nitrogens with zero attached hydrogens (tertiary/aromatic N) is 2. The van der Waals surface area contributed by atoms with E-state index in [2.05, 4.69) is 36.2 Å². The molecule has 1 aromatic carbocycles. The number of rotatable bonds is 2. The molecule has 2 unspecified atom stereocenters. The Hall–Kier alpha value is -1.59. The molecule has 2 atom stereocenters. The van der Waals surface area contributed by atoms with Gasteiger partial charge in [0.15, 0.2) is 0 Å². The molecule has 2 aliphatic heterocycles. The molecule has 1 saturated heterocycles. The predicted molar refractivity (Wildman–Crippen MR) is 100 cm³/mol. The molecule has 1 aromatic rings. The summed E-state index contributed by atoms with van der Waals surface area (Å²) in [5, 5.41) is 9.86. The zero-order valence-electron chi connectivity index (χ0n) is 15.7. The van der Waals surface area contributed by atoms with Gasteiger partial charge in [0, 0.05) is 31.0 Å². The van der Waals surface area contributed by atoms with E-state index in [-0.39, 0.29) is 11.5 Å². The molecule has 1 N–H and O–H groups in total. The van der Waals surface area contributed by atoms with E-state index in [1.807, 2.05) is 0 Å². The van der Waals surface area contributed by atoms with Crippen LogP contribution in [0.15, 0.2) is 24.3 Å². The van der Waals surface area contributed by atoms with Crippen molar-refractivity contribution >= 4 is 6.09 Å². The molecule has 2 fully saturated rings. The van der Waals surface area contributed by atoms with E-state index >= 15 is 0 Å². The van der Waals surface area contributed by atoms with E-state index in [4.69, 9.17) is 4.74 Å². The zero-order valence-corrected chi connectivity index (χ0v) is 15.7. The average molecular weight is 358 g/mol. The van der Waals surface area contributed by atoms with Crippen LogP contribution in [0, 0.1) is 5.41 Å². The molecule has 0 bridgehead atoms. The van der Waals surface area contributed by atoms with Crippen molar-refractivity contribution in [3.63, 3.8) is 0 Å². The van der Waals surface area contributed by atoms with E-state index in [0.29, 0.717) is 25.7 Å². The number of carbonyl (C=O) groups is 1. The van der Waals surface area contributed by atoms with Crippen molar-refractivity contribution in [3.8, 4) is 0 Å². The van der Waals surface area contributed by atoms with Crippen LogP contribution in [0.1, 0.15) is 49.1 Å². The third kappa shape index (κ3) is 3.01. The van der Waals surface area contributed by atoms with Gasteiger partial charge in [-0.25, -0.2) is 4.79 Å². The number of hydrogen-bond donors (Lipinski definition) is 1. The number of morpholine rings is 1. The molecule has 26 heavy (non-hydrogen) atoms. The summed E-state index contributed by atoms with van der Waals surface area (Å²) in [5.41, 5.74) is 2.81. The van der Waals surface area contributed by atoms with Crippen LogP contribution in [0.4, 0.5) is 4.79 Å². The Balaban J connectivity index is 1.78. The Labute approximate surface area is 155 Å². The minimum atomic E-state index is -0.791. The second-order valence-corrected chi connectivity index (χ2v) is 8.31. The van der Waals surface area contributed by atoms with Crippen LogP contribution in [0.25, 0.3) is 0 Å². The molecule has 2 heterocycles. The second-order valence-electron chi connectivity index (χ2n) is 8.31. The standard InChI is InChI=1S/C21H30N2O3/c1-22-13-16-7-3-4-8-17(16)18(14-22)21(9-5-2-6-10-21)19-15-26-12-11-23(19)20(24)25/h3-4,7-8,18-19H,2,5-6,9-15H2,1H3,(H,24,25). The quantitative estimate of drug-likeness (QED) is 0.878. The third-order valence-electron chi connectivity index (χ3n) is 6.88. The van der Waals surface area contributed by atoms with Crippen LogP contribution in [0.2, 0.25) is 0 Å². The highest BCUT2D eigenvalue weighted by molar-refractivity contribution is 5.66. The third-order valence-corrected chi connectivity index (χ3v) is 6.88. The number of amides is 1. The lowest BCUT2D eigenvalue weighted by Gasteiger charge is -2.55. The van der Waals surface area contributed by atoms with E-state index < -0.39 is 6.09 Å². The highest BCUT2D eigenvalue weighted by Gasteiger charge is 2.52. The van der Waals surface area contributed by atoms with Crippen LogP contribution < -0.4 is 0 Å². The van der Waals surface area contributed by atoms with Crippen molar-refractivity contribution in [3.05, 3.63) is 35.4 Å². The first kappa shape index (κ1) is 17.8. The molecular weight excluding hydrogens is 328 g/mol. The molecule has 1 saturated carbocycles. The van der Waals surface area contributed by atoms with Crippen molar-refractivity contribution in [2.75, 3.05) is 33.4 Å². The van der Waals surface area contributed by atoms with Gasteiger partial charge in [-0.05, 0) is 31.0 Å². The summed E-state index contributed by atoms with van der Waals surface area (Å²) < 4.78 is 5.83. The molecule has 5 heteroatoms. The van der Waals surface area contributed by atoms with Crippen LogP contribution in [-0.2, 0) is 11.3 Å². The molecular formula is C21H30N2O3. The van der Waals surface area contributed by atoms with Gasteiger partial charge in [0.25, 0.3) is 0 Å². The topological polar surface area (TPSA) is 53.0 Å². The first-order valence-corrected chi connectivity index (χ1v) is 9.95. The van der Waals surface area contributed by atoms with Crippen molar-refractivity contribution in [1.82, 2.24) is 9.80 Å². The van der Waals surface area contributed by atoms with Gasteiger partial charge in [-0.2, -0.15) is 0 Å². The molecule has 3 aliphatic rings. The lowest BCUT2D eigenvalue weighted by molar-refractivity contribution is -0.0786. The van der Waals surface area contributed by atoms with Gasteiger partial charge in [0.1, 0.15) is 0 Å². The maximum absolute atomic E-state index is 12.0. The number of carboxylic acid groups (broad SMARTS) is 1. The number of hydrogen-bond acceptors (Lipinski definition) is 3. The van der Waals surface area contributed by atoms with Gasteiger partial charge >= 0.3 is 6.09 Å². The fourth-order valence-electron chi connectivity index (χ4n) is 5.71. The monoisotopic (exact) mass is 358 g/mol. The van der Waals surface area contributed by atoms with Gasteiger partial charge < -0.3 is 19.6 Å². The van der Waals surface area contributed by atoms with E-state index in [9.17, 15) is 9.90 Å². The summed E-state index contributed by atoms with van der Waals surface area (Å²) in [6.07, 6.45) is 5.03. The smallest absolute Gasteiger partial charge is 0.407 e. The summed E-state index contributed by atoms with van der Waals surface area (Å²) in [6, 6.07) is 8.73. The van der Waals surface area contributed by atoms with Gasteiger partial charge in [0.2, 0.25) is 0 Å². The molecule has 0 radical (unpaired) electrons. The SMILES string of the molecule is CN1Cc2ccccc2C(C2(C3COCCN3C(=O)O)CCCCC2)C1. The van der Waals surface area contributed by atoms with Crippen LogP contribution in [0.5, 0.6) is 0 Å². The maximum atomic E-state index is 12.0. The minimum Gasteiger partial charge on any atom is -0.465 e. The summed E-state index contributed by atoms with van der Waals surface area (Å²) in [5.74, 6) is 0.367. The van der Waals surface area contributed by atoms with Crippen LogP contribution in [0.3, 0.4) is 0 Å². The first-order valence-electron chi connectivity index (χ1n) is 9.95. The van der Waals surface area contributed by atoms with Gasteiger partial charge in [0.05, 0.1) is 19.3 Å². The Kier molecular flexibility index (Phi) is 4.93. The van der Waals surface area contributed by atoms with E-state index in [1.165, 1.54) is 30.4 Å². The normalized spacial score (nSPS) is 29.2. The number of ether oxygens (including phenoxy) is 1. The lowest BCUT2D eigenvalue weighted by atomic mass is 9.58. The summed E-state index contributed by atoms with van der Waals surface area (Å²) in [6.45, 7) is 3.52. The Morgan fingerprint density at radius 1 is 1.23 bits per heavy atom. The highest BCUT2D eigenvalue weighted by Crippen LogP contribution is 2.53. The maximum Gasteiger partial charge on any atom is 0.407 e. The Bertz CT molecular complexity index is 656. The Morgan fingerprint density at radius 2 is 2.00 bits per heavy atom. The number of fused-ring (bicyclic) bond motifs is 1. The minimum absolute atomic E-state index is 0.0259. The summed E-state index contributed by atoms with van der Waals surface area (Å²) in [7, 11) is 2.19. The van der Waals surface area contributed by atoms with Crippen molar-refractivity contribution in [2.45, 2.75) is 50.6 Å². The molecule has 4 rings (SSSR count). The Morgan fingerprint density at radius 3 is 2.77 bits per heavy atom. The van der Waals surface area contributed by atoms with E-state index in [1.54, 1.807) is 4.90 Å². The lowest BCUT2D eigenvalue weighted by Crippen LogP contribution is -2.60. The number of likely N-dealkylation sites (N-methyl/N-ethyl adjacent to an activating group) is 1. The molecule has 0 spiro atoms. The summed E-state index contributed by atoms with van der Waals surface area (Å²) in [4.78, 5) is 16.1. The molecule has 5 nitrogen and oxygen atoms in total. The van der Waals surface area contributed by atoms with Gasteiger partial charge in [-0.3, -0.25) is 0 Å². The molecule has 0 aromatic heterocycles. The van der Waals surface area contributed by atoms with Crippen molar-refractivity contribution in [2.24, 2.45) is 5.41 Å². The molecule has 142 valence electrons. The fraction of sp³-hybridized carbons (Fsp3) is 0.667. The van der Waals surface area contributed by atoms with Gasteiger partial charge in [-0.1, -0.05) is 43.5 Å². The molecule has 1 aliphatic carbocycles. The molecule has 1 amide bonds. The van der Waals surface area contributed by atoms with Crippen LogP contribution >= 0.6 is 0 Å². The fourth-order valence-corrected chi connectivity index (χ4v) is 5.71. The zero-order chi connectivity index (χ0) is 18.1. The average Bonchev–Trinajstić information content (AvgIpc) is 2.68. The second kappa shape index (κ2) is 7.20. The largest absolute Gasteiger partial charge is 0.465 e.